The summed E-state index contributed by atoms with van der Waals surface area (Å²) >= 11 is 0. The van der Waals surface area contributed by atoms with Crippen LogP contribution in [0.15, 0.2) is 42.5 Å². The molecule has 0 atom stereocenters. The van der Waals surface area contributed by atoms with Crippen LogP contribution in [0.3, 0.4) is 0 Å². The molecule has 2 aromatic carbocycles. The minimum atomic E-state index is 0. The van der Waals surface area contributed by atoms with E-state index in [1.165, 1.54) is 5.56 Å². The minimum Gasteiger partial charge on any atom is -0.399 e. The molecule has 138 valence electrons. The summed E-state index contributed by atoms with van der Waals surface area (Å²) in [4.78, 5) is 14.3. The number of aryl methyl sites for hydroxylation is 2. The van der Waals surface area contributed by atoms with Gasteiger partial charge in [0.15, 0.2) is 0 Å². The molecule has 0 aromatic heterocycles. The molecule has 3 N–H and O–H groups in total. The van der Waals surface area contributed by atoms with Crippen LogP contribution < -0.4 is 11.1 Å². The van der Waals surface area contributed by atoms with Crippen molar-refractivity contribution in [2.24, 2.45) is 0 Å². The number of amides is 1. The van der Waals surface area contributed by atoms with Gasteiger partial charge in [0.2, 0.25) is 5.91 Å². The summed E-state index contributed by atoms with van der Waals surface area (Å²) in [6.45, 7) is 2.85. The van der Waals surface area contributed by atoms with Gasteiger partial charge in [-0.25, -0.2) is 0 Å². The lowest BCUT2D eigenvalue weighted by Gasteiger charge is -2.16. The van der Waals surface area contributed by atoms with Gasteiger partial charge < -0.3 is 16.0 Å². The number of nitrogens with zero attached hydrogens (tertiary/aromatic N) is 1. The molecule has 2 rings (SSSR count). The predicted octanol–water partition coefficient (Wildman–Crippen LogP) is 4.05. The van der Waals surface area contributed by atoms with Crippen molar-refractivity contribution >= 4 is 42.1 Å². The summed E-state index contributed by atoms with van der Waals surface area (Å²) in [7, 11) is 4.04. The number of carbonyl (C=O) groups is 1. The zero-order valence-corrected chi connectivity index (χ0v) is 16.5. The van der Waals surface area contributed by atoms with Crippen LogP contribution in [0.25, 0.3) is 0 Å². The van der Waals surface area contributed by atoms with Crippen molar-refractivity contribution in [1.29, 1.82) is 0 Å². The molecular weight excluding hydrogens is 357 g/mol. The first-order valence-electron chi connectivity index (χ1n) is 7.83. The van der Waals surface area contributed by atoms with Gasteiger partial charge in [-0.1, -0.05) is 35.9 Å². The number of hydrogen-bond acceptors (Lipinski definition) is 3. The van der Waals surface area contributed by atoms with E-state index in [-0.39, 0.29) is 30.7 Å². The molecule has 1 amide bonds. The number of para-hydroxylation sites is 1. The molecule has 0 aliphatic carbocycles. The molecule has 0 heterocycles. The largest absolute Gasteiger partial charge is 0.399 e. The van der Waals surface area contributed by atoms with Crippen molar-refractivity contribution in [3.63, 3.8) is 0 Å². The summed E-state index contributed by atoms with van der Waals surface area (Å²) in [5.74, 6) is 0.0112. The van der Waals surface area contributed by atoms with E-state index in [4.69, 9.17) is 5.73 Å². The summed E-state index contributed by atoms with van der Waals surface area (Å²) in [6, 6.07) is 13.8. The summed E-state index contributed by atoms with van der Waals surface area (Å²) < 4.78 is 0. The van der Waals surface area contributed by atoms with Crippen molar-refractivity contribution in [3.05, 3.63) is 59.2 Å². The third-order valence-electron chi connectivity index (χ3n) is 3.70. The van der Waals surface area contributed by atoms with Crippen LogP contribution in [-0.2, 0) is 17.8 Å². The fourth-order valence-electron chi connectivity index (χ4n) is 2.54. The fourth-order valence-corrected chi connectivity index (χ4v) is 2.54. The number of halogens is 2. The lowest BCUT2D eigenvalue weighted by molar-refractivity contribution is -0.116. The van der Waals surface area contributed by atoms with Crippen molar-refractivity contribution in [1.82, 2.24) is 4.90 Å². The van der Waals surface area contributed by atoms with Gasteiger partial charge >= 0.3 is 0 Å². The Morgan fingerprint density at radius 2 is 1.76 bits per heavy atom. The molecule has 0 fully saturated rings. The maximum absolute atomic E-state index is 12.3. The van der Waals surface area contributed by atoms with E-state index in [0.29, 0.717) is 12.8 Å². The zero-order chi connectivity index (χ0) is 16.8. The molecule has 0 saturated heterocycles. The van der Waals surface area contributed by atoms with E-state index in [2.05, 4.69) is 23.2 Å². The second-order valence-electron chi connectivity index (χ2n) is 6.15. The van der Waals surface area contributed by atoms with Gasteiger partial charge in [0.05, 0.1) is 0 Å². The smallest absolute Gasteiger partial charge is 0.224 e. The van der Waals surface area contributed by atoms with E-state index >= 15 is 0 Å². The lowest BCUT2D eigenvalue weighted by Crippen LogP contribution is -2.17. The first-order chi connectivity index (χ1) is 11.0. The Kier molecular flexibility index (Phi) is 10.2. The molecule has 0 bridgehead atoms. The Balaban J connectivity index is 0.00000288. The quantitative estimate of drug-likeness (QED) is 0.739. The molecule has 0 aliphatic heterocycles. The summed E-state index contributed by atoms with van der Waals surface area (Å²) in [5, 5.41) is 3.03. The van der Waals surface area contributed by atoms with Crippen LogP contribution in [-0.4, -0.2) is 24.9 Å². The lowest BCUT2D eigenvalue weighted by atomic mass is 10.1. The van der Waals surface area contributed by atoms with Gasteiger partial charge in [-0.05, 0) is 50.7 Å². The Morgan fingerprint density at radius 3 is 2.40 bits per heavy atom. The standard InChI is InChI=1S/C19H25N3O.2ClH/c1-14-8-10-18(16(12-14)13-22(2)3)21-19(23)11-9-15-6-4-5-7-17(15)20;;/h4-8,10,12H,9,11,13,20H2,1-3H3,(H,21,23);2*1H. The van der Waals surface area contributed by atoms with Crippen LogP contribution in [0.1, 0.15) is 23.1 Å². The number of benzene rings is 2. The second-order valence-corrected chi connectivity index (χ2v) is 6.15. The third kappa shape index (κ3) is 7.34. The number of carbonyl (C=O) groups excluding carboxylic acids is 1. The summed E-state index contributed by atoms with van der Waals surface area (Å²) in [5.41, 5.74) is 10.9. The Bertz CT molecular complexity index is 690. The van der Waals surface area contributed by atoms with E-state index < -0.39 is 0 Å². The van der Waals surface area contributed by atoms with E-state index in [0.717, 1.165) is 29.0 Å². The molecule has 0 aliphatic rings. The highest BCUT2D eigenvalue weighted by Crippen LogP contribution is 2.20. The highest BCUT2D eigenvalue weighted by atomic mass is 35.5. The van der Waals surface area contributed by atoms with Crippen molar-refractivity contribution in [3.8, 4) is 0 Å². The monoisotopic (exact) mass is 383 g/mol. The van der Waals surface area contributed by atoms with E-state index in [1.54, 1.807) is 0 Å². The maximum Gasteiger partial charge on any atom is 0.224 e. The maximum atomic E-state index is 12.3. The van der Waals surface area contributed by atoms with Gasteiger partial charge in [-0.3, -0.25) is 4.79 Å². The summed E-state index contributed by atoms with van der Waals surface area (Å²) in [6.07, 6.45) is 1.07. The van der Waals surface area contributed by atoms with Gasteiger partial charge in [0.25, 0.3) is 0 Å². The van der Waals surface area contributed by atoms with Gasteiger partial charge in [0.1, 0.15) is 0 Å². The number of hydrogen-bond donors (Lipinski definition) is 2. The molecule has 0 saturated carbocycles. The fraction of sp³-hybridized carbons (Fsp3) is 0.316. The Hall–Kier alpha value is -1.75. The van der Waals surface area contributed by atoms with E-state index in [1.807, 2.05) is 50.5 Å². The molecule has 0 radical (unpaired) electrons. The van der Waals surface area contributed by atoms with Gasteiger partial charge in [-0.15, -0.1) is 24.8 Å². The average molecular weight is 384 g/mol. The third-order valence-corrected chi connectivity index (χ3v) is 3.70. The van der Waals surface area contributed by atoms with Crippen molar-refractivity contribution in [2.75, 3.05) is 25.1 Å². The highest BCUT2D eigenvalue weighted by Gasteiger charge is 2.09. The predicted molar refractivity (Wildman–Crippen MR) is 111 cm³/mol. The van der Waals surface area contributed by atoms with Crippen LogP contribution >= 0.6 is 24.8 Å². The van der Waals surface area contributed by atoms with Gasteiger partial charge in [-0.2, -0.15) is 0 Å². The normalized spacial score (nSPS) is 9.92. The molecule has 25 heavy (non-hydrogen) atoms. The molecule has 0 spiro atoms. The number of nitrogen functional groups attached to an aromatic ring is 1. The van der Waals surface area contributed by atoms with Gasteiger partial charge in [0, 0.05) is 24.3 Å². The minimum absolute atomic E-state index is 0. The Labute approximate surface area is 162 Å². The first kappa shape index (κ1) is 23.2. The zero-order valence-electron chi connectivity index (χ0n) is 14.9. The molecule has 2 aromatic rings. The highest BCUT2D eigenvalue weighted by molar-refractivity contribution is 5.91. The van der Waals surface area contributed by atoms with Crippen molar-refractivity contribution in [2.45, 2.75) is 26.3 Å². The average Bonchev–Trinajstić information content (AvgIpc) is 2.49. The number of rotatable bonds is 6. The van der Waals surface area contributed by atoms with Crippen LogP contribution in [0.4, 0.5) is 11.4 Å². The van der Waals surface area contributed by atoms with E-state index in [9.17, 15) is 4.79 Å². The van der Waals surface area contributed by atoms with Crippen LogP contribution in [0, 0.1) is 6.92 Å². The number of nitrogens with one attached hydrogen (secondary N) is 1. The number of nitrogens with two attached hydrogens (primary N) is 1. The SMILES string of the molecule is Cc1ccc(NC(=O)CCc2ccccc2N)c(CN(C)C)c1.Cl.Cl. The molecular formula is C19H27Cl2N3O. The van der Waals surface area contributed by atoms with Crippen LogP contribution in [0.5, 0.6) is 0 Å². The number of anilines is 2. The first-order valence-corrected chi connectivity index (χ1v) is 7.83. The Morgan fingerprint density at radius 1 is 1.08 bits per heavy atom. The van der Waals surface area contributed by atoms with Crippen molar-refractivity contribution < 1.29 is 4.79 Å². The van der Waals surface area contributed by atoms with Crippen LogP contribution in [0.2, 0.25) is 0 Å². The molecule has 6 heteroatoms. The molecule has 0 unspecified atom stereocenters. The molecule has 4 nitrogen and oxygen atoms in total. The second kappa shape index (κ2) is 11.0. The topological polar surface area (TPSA) is 58.4 Å².